The van der Waals surface area contributed by atoms with Crippen LogP contribution in [0.25, 0.3) is 0 Å². The van der Waals surface area contributed by atoms with Gasteiger partial charge in [0, 0.05) is 19.5 Å². The standard InChI is InChI=1S/C19H29NO7S2/c1-3-4-16(28(2,22)23)9-12-27-15-5-7-17(8-6-15)29(24,25)19(18(20)21)10-13-26-14-11-19/h5-8,16H,3-4,9-14H2,1-2H3,(H2,20,21). The molecule has 1 atom stereocenters. The summed E-state index contributed by atoms with van der Waals surface area (Å²) >= 11 is 0. The van der Waals surface area contributed by atoms with Crippen molar-refractivity contribution in [2.24, 2.45) is 5.73 Å². The fourth-order valence-electron chi connectivity index (χ4n) is 3.49. The van der Waals surface area contributed by atoms with Crippen LogP contribution >= 0.6 is 0 Å². The van der Waals surface area contributed by atoms with Gasteiger partial charge in [-0.1, -0.05) is 13.3 Å². The van der Waals surface area contributed by atoms with Crippen molar-refractivity contribution >= 4 is 25.6 Å². The number of carbonyl (C=O) groups excluding carboxylic acids is 1. The molecule has 2 rings (SSSR count). The van der Waals surface area contributed by atoms with E-state index in [-0.39, 0.29) is 37.6 Å². The summed E-state index contributed by atoms with van der Waals surface area (Å²) in [6.07, 6.45) is 2.95. The van der Waals surface area contributed by atoms with Crippen molar-refractivity contribution in [1.29, 1.82) is 0 Å². The van der Waals surface area contributed by atoms with E-state index in [2.05, 4.69) is 0 Å². The van der Waals surface area contributed by atoms with E-state index in [9.17, 15) is 21.6 Å². The average molecular weight is 448 g/mol. The molecule has 1 amide bonds. The average Bonchev–Trinajstić information content (AvgIpc) is 2.67. The number of hydrogen-bond donors (Lipinski definition) is 1. The third kappa shape index (κ3) is 5.29. The molecule has 1 fully saturated rings. The van der Waals surface area contributed by atoms with Gasteiger partial charge in [0.2, 0.25) is 5.91 Å². The lowest BCUT2D eigenvalue weighted by Gasteiger charge is -2.33. The summed E-state index contributed by atoms with van der Waals surface area (Å²) in [7, 11) is -7.14. The zero-order valence-electron chi connectivity index (χ0n) is 16.8. The zero-order valence-corrected chi connectivity index (χ0v) is 18.4. The Balaban J connectivity index is 2.10. The first-order valence-electron chi connectivity index (χ1n) is 9.58. The SMILES string of the molecule is CCCC(CCOc1ccc(S(=O)(=O)C2(C(N)=O)CCOCC2)cc1)S(C)(=O)=O. The Bertz CT molecular complexity index is 902. The molecule has 1 aromatic carbocycles. The molecule has 8 nitrogen and oxygen atoms in total. The second-order valence-corrected chi connectivity index (χ2v) is 11.9. The highest BCUT2D eigenvalue weighted by atomic mass is 32.2. The summed E-state index contributed by atoms with van der Waals surface area (Å²) in [5.41, 5.74) is 5.46. The Morgan fingerprint density at radius 3 is 2.21 bits per heavy atom. The van der Waals surface area contributed by atoms with Crippen molar-refractivity contribution < 1.29 is 31.1 Å². The van der Waals surface area contributed by atoms with Crippen molar-refractivity contribution in [3.05, 3.63) is 24.3 Å². The molecule has 0 aliphatic carbocycles. The van der Waals surface area contributed by atoms with Gasteiger partial charge in [-0.3, -0.25) is 4.79 Å². The normalized spacial score (nSPS) is 18.1. The zero-order chi connectivity index (χ0) is 21.7. The first kappa shape index (κ1) is 23.6. The van der Waals surface area contributed by atoms with Gasteiger partial charge in [-0.15, -0.1) is 0 Å². The van der Waals surface area contributed by atoms with Crippen LogP contribution in [0.15, 0.2) is 29.2 Å². The number of primary amides is 1. The van der Waals surface area contributed by atoms with E-state index in [1.165, 1.54) is 30.5 Å². The minimum Gasteiger partial charge on any atom is -0.494 e. The molecule has 0 bridgehead atoms. The number of hydrogen-bond acceptors (Lipinski definition) is 7. The van der Waals surface area contributed by atoms with Gasteiger partial charge in [0.1, 0.15) is 15.6 Å². The third-order valence-electron chi connectivity index (χ3n) is 5.32. The van der Waals surface area contributed by atoms with Crippen LogP contribution < -0.4 is 10.5 Å². The Labute approximate surface area is 172 Å². The minimum absolute atomic E-state index is 0.00875. The number of benzene rings is 1. The van der Waals surface area contributed by atoms with Crippen LogP contribution in [0.2, 0.25) is 0 Å². The summed E-state index contributed by atoms with van der Waals surface area (Å²) in [4.78, 5) is 12.0. The molecule has 0 radical (unpaired) electrons. The maximum atomic E-state index is 13.1. The van der Waals surface area contributed by atoms with Gasteiger partial charge in [-0.25, -0.2) is 16.8 Å². The quantitative estimate of drug-likeness (QED) is 0.575. The molecule has 1 heterocycles. The van der Waals surface area contributed by atoms with E-state index in [1.54, 1.807) is 0 Å². The molecule has 1 unspecified atom stereocenters. The molecule has 0 spiro atoms. The molecule has 1 aliphatic rings. The molecule has 164 valence electrons. The molecule has 1 aromatic rings. The number of sulfone groups is 2. The highest BCUT2D eigenvalue weighted by Crippen LogP contribution is 2.35. The van der Waals surface area contributed by atoms with Crippen molar-refractivity contribution in [3.8, 4) is 5.75 Å². The van der Waals surface area contributed by atoms with E-state index < -0.39 is 35.6 Å². The highest BCUT2D eigenvalue weighted by molar-refractivity contribution is 7.93. The maximum Gasteiger partial charge on any atom is 0.239 e. The molecule has 0 saturated carbocycles. The predicted molar refractivity (Wildman–Crippen MR) is 109 cm³/mol. The molecule has 1 aliphatic heterocycles. The largest absolute Gasteiger partial charge is 0.494 e. The van der Waals surface area contributed by atoms with Gasteiger partial charge in [0.05, 0.1) is 16.8 Å². The topological polar surface area (TPSA) is 130 Å². The van der Waals surface area contributed by atoms with Gasteiger partial charge < -0.3 is 15.2 Å². The summed E-state index contributed by atoms with van der Waals surface area (Å²) in [5, 5.41) is -0.462. The van der Waals surface area contributed by atoms with E-state index in [0.717, 1.165) is 6.42 Å². The molecular weight excluding hydrogens is 418 g/mol. The lowest BCUT2D eigenvalue weighted by atomic mass is 9.98. The summed E-state index contributed by atoms with van der Waals surface area (Å²) in [6.45, 7) is 2.44. The van der Waals surface area contributed by atoms with Gasteiger partial charge >= 0.3 is 0 Å². The molecule has 1 saturated heterocycles. The Morgan fingerprint density at radius 1 is 1.14 bits per heavy atom. The summed E-state index contributed by atoms with van der Waals surface area (Å²) in [6, 6.07) is 5.75. The van der Waals surface area contributed by atoms with Gasteiger partial charge in [0.25, 0.3) is 0 Å². The first-order valence-corrected chi connectivity index (χ1v) is 13.0. The van der Waals surface area contributed by atoms with Crippen LogP contribution in [-0.2, 0) is 29.2 Å². The van der Waals surface area contributed by atoms with Crippen molar-refractivity contribution in [2.45, 2.75) is 53.9 Å². The second kappa shape index (κ2) is 9.44. The minimum atomic E-state index is -3.99. The van der Waals surface area contributed by atoms with Crippen molar-refractivity contribution in [2.75, 3.05) is 26.1 Å². The molecule has 0 aromatic heterocycles. The van der Waals surface area contributed by atoms with Gasteiger partial charge in [0.15, 0.2) is 14.6 Å². The lowest BCUT2D eigenvalue weighted by molar-refractivity contribution is -0.122. The van der Waals surface area contributed by atoms with Crippen LogP contribution in [0.1, 0.15) is 39.0 Å². The van der Waals surface area contributed by atoms with Crippen LogP contribution in [0.4, 0.5) is 0 Å². The van der Waals surface area contributed by atoms with Gasteiger partial charge in [-0.2, -0.15) is 0 Å². The first-order chi connectivity index (χ1) is 13.5. The highest BCUT2D eigenvalue weighted by Gasteiger charge is 2.51. The molecular formula is C19H29NO7S2. The van der Waals surface area contributed by atoms with Crippen molar-refractivity contribution in [3.63, 3.8) is 0 Å². The third-order valence-corrected chi connectivity index (χ3v) is 9.54. The number of ether oxygens (including phenoxy) is 2. The number of amides is 1. The van der Waals surface area contributed by atoms with Crippen LogP contribution in [-0.4, -0.2) is 58.8 Å². The Hall–Kier alpha value is -1.65. The number of rotatable bonds is 10. The van der Waals surface area contributed by atoms with Crippen molar-refractivity contribution in [1.82, 2.24) is 0 Å². The number of carbonyl (C=O) groups is 1. The monoisotopic (exact) mass is 447 g/mol. The number of nitrogens with two attached hydrogens (primary N) is 1. The smallest absolute Gasteiger partial charge is 0.239 e. The van der Waals surface area contributed by atoms with E-state index in [0.29, 0.717) is 18.6 Å². The van der Waals surface area contributed by atoms with E-state index >= 15 is 0 Å². The summed E-state index contributed by atoms with van der Waals surface area (Å²) in [5.74, 6) is -0.448. The van der Waals surface area contributed by atoms with Crippen LogP contribution in [0, 0.1) is 0 Å². The Morgan fingerprint density at radius 2 is 1.72 bits per heavy atom. The maximum absolute atomic E-state index is 13.1. The lowest BCUT2D eigenvalue weighted by Crippen LogP contribution is -2.53. The fourth-order valence-corrected chi connectivity index (χ4v) is 6.59. The fraction of sp³-hybridized carbons (Fsp3) is 0.632. The second-order valence-electron chi connectivity index (χ2n) is 7.32. The Kier molecular flexibility index (Phi) is 7.69. The van der Waals surface area contributed by atoms with E-state index in [1.807, 2.05) is 6.92 Å². The predicted octanol–water partition coefficient (Wildman–Crippen LogP) is 1.48. The van der Waals surface area contributed by atoms with Crippen LogP contribution in [0.3, 0.4) is 0 Å². The molecule has 2 N–H and O–H groups in total. The van der Waals surface area contributed by atoms with E-state index in [4.69, 9.17) is 15.2 Å². The summed E-state index contributed by atoms with van der Waals surface area (Å²) < 4.78 is 58.9. The molecule has 10 heteroatoms. The van der Waals surface area contributed by atoms with Gasteiger partial charge in [-0.05, 0) is 49.9 Å². The molecule has 29 heavy (non-hydrogen) atoms. The van der Waals surface area contributed by atoms with Crippen LogP contribution in [0.5, 0.6) is 5.75 Å².